The van der Waals surface area contributed by atoms with E-state index >= 15 is 0 Å². The maximum Gasteiger partial charge on any atom is 0.142 e. The first-order valence-electron chi connectivity index (χ1n) is 8.04. The zero-order valence-corrected chi connectivity index (χ0v) is 13.7. The summed E-state index contributed by atoms with van der Waals surface area (Å²) in [6.07, 6.45) is 7.35. The number of hydrogen-bond donors (Lipinski definition) is 2. The molecule has 5 nitrogen and oxygen atoms in total. The minimum Gasteiger partial charge on any atom is -0.383 e. The number of aromatic nitrogens is 2. The van der Waals surface area contributed by atoms with Crippen molar-refractivity contribution in [2.45, 2.75) is 32.1 Å². The molecule has 1 aliphatic heterocycles. The summed E-state index contributed by atoms with van der Waals surface area (Å²) < 4.78 is 4.22. The molecule has 0 bridgehead atoms. The van der Waals surface area contributed by atoms with E-state index in [0.717, 1.165) is 42.8 Å². The molecule has 0 amide bonds. The minimum atomic E-state index is 0.348. The number of hydrogen-bond acceptors (Lipinski definition) is 6. The summed E-state index contributed by atoms with van der Waals surface area (Å²) in [5.41, 5.74) is 11.2. The first-order chi connectivity index (χ1) is 11.2. The van der Waals surface area contributed by atoms with Crippen LogP contribution in [-0.4, -0.2) is 22.4 Å². The van der Waals surface area contributed by atoms with E-state index in [1.165, 1.54) is 36.4 Å². The Kier molecular flexibility index (Phi) is 3.55. The molecule has 0 radical (unpaired) electrons. The highest BCUT2D eigenvalue weighted by Crippen LogP contribution is 2.46. The van der Waals surface area contributed by atoms with Crippen molar-refractivity contribution in [3.63, 3.8) is 0 Å². The minimum absolute atomic E-state index is 0.348. The van der Waals surface area contributed by atoms with Crippen LogP contribution in [0, 0.1) is 16.7 Å². The molecule has 0 aromatic carbocycles. The smallest absolute Gasteiger partial charge is 0.142 e. The molecule has 0 unspecified atom stereocenters. The maximum absolute atomic E-state index is 9.60. The Labute approximate surface area is 139 Å². The Morgan fingerprint density at radius 3 is 2.83 bits per heavy atom. The molecule has 1 saturated heterocycles. The lowest BCUT2D eigenvalue weighted by atomic mass is 9.66. The van der Waals surface area contributed by atoms with Crippen LogP contribution in [0.4, 0.5) is 5.82 Å². The largest absolute Gasteiger partial charge is 0.383 e. The Bertz CT molecular complexity index is 769. The Morgan fingerprint density at radius 1 is 1.30 bits per heavy atom. The summed E-state index contributed by atoms with van der Waals surface area (Å²) in [6, 6.07) is 2.27. The van der Waals surface area contributed by atoms with E-state index in [1.54, 1.807) is 0 Å². The normalized spacial score (nSPS) is 19.3. The SMILES string of the molecule is N#Cc1c(N)nc2c(c1-c1cnsc1)CC1(CCNCC1)CC2. The molecule has 2 aromatic heterocycles. The number of nitriles is 1. The van der Waals surface area contributed by atoms with E-state index in [2.05, 4.69) is 20.7 Å². The van der Waals surface area contributed by atoms with Gasteiger partial charge in [0, 0.05) is 28.4 Å². The van der Waals surface area contributed by atoms with Crippen molar-refractivity contribution < 1.29 is 0 Å². The predicted molar refractivity (Wildman–Crippen MR) is 91.0 cm³/mol. The second-order valence-corrected chi connectivity index (χ2v) is 7.28. The summed E-state index contributed by atoms with van der Waals surface area (Å²) in [6.45, 7) is 2.16. The number of piperidine rings is 1. The lowest BCUT2D eigenvalue weighted by Crippen LogP contribution is -2.40. The number of fused-ring (bicyclic) bond motifs is 1. The van der Waals surface area contributed by atoms with E-state index in [9.17, 15) is 5.26 Å². The van der Waals surface area contributed by atoms with Crippen LogP contribution < -0.4 is 11.1 Å². The summed E-state index contributed by atoms with van der Waals surface area (Å²) in [5.74, 6) is 0.355. The van der Waals surface area contributed by atoms with Crippen molar-refractivity contribution in [1.82, 2.24) is 14.7 Å². The molecule has 1 aliphatic carbocycles. The predicted octanol–water partition coefficient (Wildman–Crippen LogP) is 2.52. The monoisotopic (exact) mass is 325 g/mol. The van der Waals surface area contributed by atoms with E-state index in [-0.39, 0.29) is 0 Å². The summed E-state index contributed by atoms with van der Waals surface area (Å²) in [4.78, 5) is 4.56. The van der Waals surface area contributed by atoms with Gasteiger partial charge in [0.25, 0.3) is 0 Å². The van der Waals surface area contributed by atoms with Crippen molar-refractivity contribution in [2.24, 2.45) is 5.41 Å². The third-order valence-electron chi connectivity index (χ3n) is 5.35. The fourth-order valence-corrected chi connectivity index (χ4v) is 4.61. The number of nitrogens with one attached hydrogen (secondary N) is 1. The van der Waals surface area contributed by atoms with Crippen LogP contribution in [0.1, 0.15) is 36.1 Å². The average Bonchev–Trinajstić information content (AvgIpc) is 3.09. The van der Waals surface area contributed by atoms with Crippen LogP contribution in [0.25, 0.3) is 11.1 Å². The van der Waals surface area contributed by atoms with Gasteiger partial charge in [0.15, 0.2) is 0 Å². The van der Waals surface area contributed by atoms with Crippen LogP contribution >= 0.6 is 11.5 Å². The van der Waals surface area contributed by atoms with Crippen LogP contribution in [0.3, 0.4) is 0 Å². The first-order valence-corrected chi connectivity index (χ1v) is 8.88. The highest BCUT2D eigenvalue weighted by Gasteiger charge is 2.38. The molecule has 0 atom stereocenters. The molecular weight excluding hydrogens is 306 g/mol. The van der Waals surface area contributed by atoms with Crippen LogP contribution in [0.15, 0.2) is 11.6 Å². The summed E-state index contributed by atoms with van der Waals surface area (Å²) in [5, 5.41) is 15.1. The molecule has 3 N–H and O–H groups in total. The zero-order valence-electron chi connectivity index (χ0n) is 12.9. The first kappa shape index (κ1) is 14.6. The Morgan fingerprint density at radius 2 is 2.13 bits per heavy atom. The molecule has 1 spiro atoms. The Balaban J connectivity index is 1.88. The molecule has 3 heterocycles. The van der Waals surface area contributed by atoms with Gasteiger partial charge in [-0.3, -0.25) is 0 Å². The van der Waals surface area contributed by atoms with E-state index < -0.39 is 0 Å². The van der Waals surface area contributed by atoms with E-state index in [1.807, 2.05) is 11.6 Å². The zero-order chi connectivity index (χ0) is 15.9. The van der Waals surface area contributed by atoms with Crippen LogP contribution in [0.2, 0.25) is 0 Å². The lowest BCUT2D eigenvalue weighted by molar-refractivity contribution is 0.173. The van der Waals surface area contributed by atoms with Gasteiger partial charge >= 0.3 is 0 Å². The average molecular weight is 325 g/mol. The van der Waals surface area contributed by atoms with E-state index in [0.29, 0.717) is 16.8 Å². The molecule has 2 aliphatic rings. The van der Waals surface area contributed by atoms with Crippen molar-refractivity contribution in [3.05, 3.63) is 28.4 Å². The third kappa shape index (κ3) is 2.41. The summed E-state index contributed by atoms with van der Waals surface area (Å²) in [7, 11) is 0. The van der Waals surface area contributed by atoms with Gasteiger partial charge in [0.2, 0.25) is 0 Å². The van der Waals surface area contributed by atoms with Gasteiger partial charge in [-0.1, -0.05) is 0 Å². The number of nitrogens with two attached hydrogens (primary N) is 1. The fraction of sp³-hybridized carbons (Fsp3) is 0.471. The quantitative estimate of drug-likeness (QED) is 0.841. The number of nitrogens with zero attached hydrogens (tertiary/aromatic N) is 3. The van der Waals surface area contributed by atoms with Gasteiger partial charge in [-0.25, -0.2) is 9.36 Å². The van der Waals surface area contributed by atoms with Gasteiger partial charge in [0.05, 0.1) is 0 Å². The lowest BCUT2D eigenvalue weighted by Gasteiger charge is -2.42. The number of nitrogen functional groups attached to an aromatic ring is 1. The number of pyridine rings is 1. The molecule has 2 aromatic rings. The third-order valence-corrected chi connectivity index (χ3v) is 5.94. The van der Waals surface area contributed by atoms with Crippen LogP contribution in [0.5, 0.6) is 0 Å². The maximum atomic E-state index is 9.60. The molecule has 1 fully saturated rings. The van der Waals surface area contributed by atoms with E-state index in [4.69, 9.17) is 5.73 Å². The van der Waals surface area contributed by atoms with Gasteiger partial charge in [-0.15, -0.1) is 0 Å². The second kappa shape index (κ2) is 5.59. The summed E-state index contributed by atoms with van der Waals surface area (Å²) >= 11 is 1.41. The Hall–Kier alpha value is -1.97. The van der Waals surface area contributed by atoms with Gasteiger partial charge in [-0.2, -0.15) is 5.26 Å². The number of aryl methyl sites for hydroxylation is 1. The van der Waals surface area contributed by atoms with Crippen LogP contribution in [-0.2, 0) is 12.8 Å². The molecule has 118 valence electrons. The van der Waals surface area contributed by atoms with Crippen molar-refractivity contribution in [3.8, 4) is 17.2 Å². The van der Waals surface area contributed by atoms with Crippen molar-refractivity contribution >= 4 is 17.4 Å². The number of anilines is 1. The standard InChI is InChI=1S/C17H19N5S/c18-8-13-15(11-9-21-23-10-11)12-7-17(3-5-20-6-4-17)2-1-14(12)22-16(13)19/h9-10,20H,1-7H2,(H2,19,22). The van der Waals surface area contributed by atoms with Gasteiger partial charge in [-0.05, 0) is 67.7 Å². The van der Waals surface area contributed by atoms with Gasteiger partial charge < -0.3 is 11.1 Å². The fourth-order valence-electron chi connectivity index (χ4n) is 4.08. The van der Waals surface area contributed by atoms with Crippen molar-refractivity contribution in [2.75, 3.05) is 18.8 Å². The molecule has 6 heteroatoms. The highest BCUT2D eigenvalue weighted by atomic mass is 32.1. The molecular formula is C17H19N5S. The number of rotatable bonds is 1. The van der Waals surface area contributed by atoms with Crippen molar-refractivity contribution in [1.29, 1.82) is 5.26 Å². The topological polar surface area (TPSA) is 87.6 Å². The van der Waals surface area contributed by atoms with Gasteiger partial charge in [0.1, 0.15) is 17.5 Å². The highest BCUT2D eigenvalue weighted by molar-refractivity contribution is 7.03. The second-order valence-electron chi connectivity index (χ2n) is 6.62. The molecule has 0 saturated carbocycles. The molecule has 4 rings (SSSR count). The molecule has 23 heavy (non-hydrogen) atoms.